The van der Waals surface area contributed by atoms with E-state index in [-0.39, 0.29) is 12.5 Å². The summed E-state index contributed by atoms with van der Waals surface area (Å²) in [5.41, 5.74) is 0. The molecule has 0 aromatic carbocycles. The van der Waals surface area contributed by atoms with Crippen LogP contribution in [0.3, 0.4) is 0 Å². The van der Waals surface area contributed by atoms with Gasteiger partial charge in [0.1, 0.15) is 0 Å². The van der Waals surface area contributed by atoms with Gasteiger partial charge in [-0.05, 0) is 13.0 Å². The average molecular weight is 295 g/mol. The van der Waals surface area contributed by atoms with Gasteiger partial charge in [0.2, 0.25) is 5.91 Å². The molecular formula is C15H25N3O3. The Labute approximate surface area is 126 Å². The van der Waals surface area contributed by atoms with Gasteiger partial charge in [-0.15, -0.1) is 13.2 Å². The third-order valence-electron chi connectivity index (χ3n) is 3.45. The largest absolute Gasteiger partial charge is 0.480 e. The number of hydrogen-bond acceptors (Lipinski definition) is 4. The molecule has 0 atom stereocenters. The fraction of sp³-hybridized carbons (Fsp3) is 0.600. The zero-order valence-corrected chi connectivity index (χ0v) is 12.5. The Kier molecular flexibility index (Phi) is 7.71. The summed E-state index contributed by atoms with van der Waals surface area (Å²) in [6.45, 7) is 11.8. The van der Waals surface area contributed by atoms with Crippen molar-refractivity contribution in [2.24, 2.45) is 0 Å². The van der Waals surface area contributed by atoms with Crippen LogP contribution in [0.25, 0.3) is 0 Å². The Morgan fingerprint density at radius 2 is 1.52 bits per heavy atom. The van der Waals surface area contributed by atoms with Crippen LogP contribution in [0.4, 0.5) is 0 Å². The second-order valence-electron chi connectivity index (χ2n) is 5.18. The van der Waals surface area contributed by atoms with Crippen molar-refractivity contribution in [3.8, 4) is 0 Å². The number of carboxylic acid groups (broad SMARTS) is 1. The van der Waals surface area contributed by atoms with E-state index in [2.05, 4.69) is 18.1 Å². The Hall–Kier alpha value is -1.66. The van der Waals surface area contributed by atoms with Crippen LogP contribution in [-0.4, -0.2) is 84.0 Å². The minimum atomic E-state index is -0.803. The zero-order valence-electron chi connectivity index (χ0n) is 12.5. The predicted molar refractivity (Wildman–Crippen MR) is 82.1 cm³/mol. The lowest BCUT2D eigenvalue weighted by Crippen LogP contribution is -2.42. The molecule has 0 aromatic rings. The van der Waals surface area contributed by atoms with Gasteiger partial charge < -0.3 is 10.0 Å². The molecule has 1 amide bonds. The first-order valence-electron chi connectivity index (χ1n) is 7.23. The summed E-state index contributed by atoms with van der Waals surface area (Å²) in [4.78, 5) is 28.7. The fourth-order valence-electron chi connectivity index (χ4n) is 2.41. The molecule has 0 radical (unpaired) electrons. The van der Waals surface area contributed by atoms with Crippen molar-refractivity contribution < 1.29 is 14.7 Å². The third kappa shape index (κ3) is 6.55. The van der Waals surface area contributed by atoms with E-state index in [4.69, 9.17) is 5.11 Å². The number of nitrogens with zero attached hydrogens (tertiary/aromatic N) is 3. The molecule has 1 saturated heterocycles. The molecule has 1 N–H and O–H groups in total. The van der Waals surface area contributed by atoms with Crippen LogP contribution in [0.2, 0.25) is 0 Å². The number of hydrogen-bond donors (Lipinski definition) is 1. The second-order valence-corrected chi connectivity index (χ2v) is 5.18. The van der Waals surface area contributed by atoms with E-state index in [1.807, 2.05) is 4.90 Å². The van der Waals surface area contributed by atoms with Crippen molar-refractivity contribution in [3.05, 3.63) is 25.3 Å². The first-order chi connectivity index (χ1) is 10.1. The standard InChI is InChI=1S/C15H25N3O3/c1-3-6-18(7-4-2)14(19)12-16-8-5-9-17(11-10-16)13-15(20)21/h3-4H,1-2,5-13H2,(H,20,21). The highest BCUT2D eigenvalue weighted by molar-refractivity contribution is 5.78. The van der Waals surface area contributed by atoms with Gasteiger partial charge in [-0.2, -0.15) is 0 Å². The van der Waals surface area contributed by atoms with Gasteiger partial charge in [-0.3, -0.25) is 19.4 Å². The summed E-state index contributed by atoms with van der Waals surface area (Å²) in [6.07, 6.45) is 4.29. The Morgan fingerprint density at radius 1 is 1.00 bits per heavy atom. The maximum absolute atomic E-state index is 12.2. The first kappa shape index (κ1) is 17.4. The van der Waals surface area contributed by atoms with Crippen LogP contribution in [0.15, 0.2) is 25.3 Å². The molecule has 1 aliphatic rings. The molecule has 1 rings (SSSR count). The molecule has 0 aliphatic carbocycles. The molecule has 0 saturated carbocycles. The van der Waals surface area contributed by atoms with E-state index < -0.39 is 5.97 Å². The van der Waals surface area contributed by atoms with E-state index in [1.54, 1.807) is 17.1 Å². The highest BCUT2D eigenvalue weighted by atomic mass is 16.4. The molecular weight excluding hydrogens is 270 g/mol. The maximum Gasteiger partial charge on any atom is 0.317 e. The summed E-state index contributed by atoms with van der Waals surface area (Å²) in [5.74, 6) is -0.746. The van der Waals surface area contributed by atoms with Crippen molar-refractivity contribution in [2.75, 3.05) is 52.4 Å². The predicted octanol–water partition coefficient (Wildman–Crippen LogP) is 0.279. The number of rotatable bonds is 8. The zero-order chi connectivity index (χ0) is 15.7. The van der Waals surface area contributed by atoms with Crippen LogP contribution in [-0.2, 0) is 9.59 Å². The van der Waals surface area contributed by atoms with Crippen LogP contribution in [0.1, 0.15) is 6.42 Å². The molecule has 0 unspecified atom stereocenters. The quantitative estimate of drug-likeness (QED) is 0.652. The topological polar surface area (TPSA) is 64.1 Å². The highest BCUT2D eigenvalue weighted by Gasteiger charge is 2.20. The van der Waals surface area contributed by atoms with Gasteiger partial charge in [-0.1, -0.05) is 12.2 Å². The smallest absolute Gasteiger partial charge is 0.317 e. The molecule has 6 heteroatoms. The Bertz CT molecular complexity index is 374. The van der Waals surface area contributed by atoms with Crippen molar-refractivity contribution >= 4 is 11.9 Å². The van der Waals surface area contributed by atoms with Crippen LogP contribution in [0.5, 0.6) is 0 Å². The maximum atomic E-state index is 12.2. The molecule has 1 aliphatic heterocycles. The van der Waals surface area contributed by atoms with Gasteiger partial charge in [0.05, 0.1) is 13.1 Å². The highest BCUT2D eigenvalue weighted by Crippen LogP contribution is 2.04. The lowest BCUT2D eigenvalue weighted by Gasteiger charge is -2.25. The van der Waals surface area contributed by atoms with Crippen molar-refractivity contribution in [3.63, 3.8) is 0 Å². The number of carbonyl (C=O) groups is 2. The number of aliphatic carboxylic acids is 1. The monoisotopic (exact) mass is 295 g/mol. The molecule has 1 fully saturated rings. The average Bonchev–Trinajstić information content (AvgIpc) is 2.63. The SMILES string of the molecule is C=CCN(CC=C)C(=O)CN1CCCN(CC(=O)O)CC1. The molecule has 0 aromatic heterocycles. The van der Waals surface area contributed by atoms with E-state index in [9.17, 15) is 9.59 Å². The van der Waals surface area contributed by atoms with E-state index in [0.717, 1.165) is 26.1 Å². The van der Waals surface area contributed by atoms with Gasteiger partial charge in [0, 0.05) is 32.7 Å². The summed E-state index contributed by atoms with van der Waals surface area (Å²) in [5, 5.41) is 8.82. The van der Waals surface area contributed by atoms with Crippen molar-refractivity contribution in [2.45, 2.75) is 6.42 Å². The minimum Gasteiger partial charge on any atom is -0.480 e. The van der Waals surface area contributed by atoms with Crippen LogP contribution in [0, 0.1) is 0 Å². The Balaban J connectivity index is 2.46. The van der Waals surface area contributed by atoms with Gasteiger partial charge in [0.15, 0.2) is 0 Å². The van der Waals surface area contributed by atoms with Crippen molar-refractivity contribution in [1.29, 1.82) is 0 Å². The van der Waals surface area contributed by atoms with Crippen LogP contribution >= 0.6 is 0 Å². The Morgan fingerprint density at radius 3 is 2.00 bits per heavy atom. The lowest BCUT2D eigenvalue weighted by molar-refractivity contribution is -0.138. The summed E-state index contributed by atoms with van der Waals surface area (Å²) in [6, 6.07) is 0. The lowest BCUT2D eigenvalue weighted by atomic mass is 10.3. The molecule has 1 heterocycles. The van der Waals surface area contributed by atoms with E-state index in [1.165, 1.54) is 0 Å². The molecule has 118 valence electrons. The number of carbonyl (C=O) groups excluding carboxylic acids is 1. The molecule has 6 nitrogen and oxygen atoms in total. The van der Waals surface area contributed by atoms with Gasteiger partial charge >= 0.3 is 5.97 Å². The van der Waals surface area contributed by atoms with E-state index in [0.29, 0.717) is 26.2 Å². The van der Waals surface area contributed by atoms with Gasteiger partial charge in [0.25, 0.3) is 0 Å². The number of carboxylic acids is 1. The van der Waals surface area contributed by atoms with Crippen LogP contribution < -0.4 is 0 Å². The second kappa shape index (κ2) is 9.31. The third-order valence-corrected chi connectivity index (χ3v) is 3.45. The molecule has 0 spiro atoms. The van der Waals surface area contributed by atoms with Gasteiger partial charge in [-0.25, -0.2) is 0 Å². The normalized spacial score (nSPS) is 17.0. The minimum absolute atomic E-state index is 0.0569. The molecule has 21 heavy (non-hydrogen) atoms. The van der Waals surface area contributed by atoms with E-state index >= 15 is 0 Å². The first-order valence-corrected chi connectivity index (χ1v) is 7.23. The molecule has 0 bridgehead atoms. The summed E-state index contributed by atoms with van der Waals surface area (Å²) < 4.78 is 0. The summed E-state index contributed by atoms with van der Waals surface area (Å²) in [7, 11) is 0. The summed E-state index contributed by atoms with van der Waals surface area (Å²) >= 11 is 0. The van der Waals surface area contributed by atoms with Crippen molar-refractivity contribution in [1.82, 2.24) is 14.7 Å². The fourth-order valence-corrected chi connectivity index (χ4v) is 2.41. The number of amides is 1.